The molecule has 1 fully saturated rings. The molecule has 0 amide bonds. The third-order valence-electron chi connectivity index (χ3n) is 6.90. The molecule has 0 atom stereocenters. The molecule has 4 aromatic rings. The van der Waals surface area contributed by atoms with Crippen molar-refractivity contribution in [3.8, 4) is 11.9 Å². The summed E-state index contributed by atoms with van der Waals surface area (Å²) in [5.74, 6) is -0.342. The predicted octanol–water partition coefficient (Wildman–Crippen LogP) is 3.99. The van der Waals surface area contributed by atoms with E-state index in [2.05, 4.69) is 26.9 Å². The highest BCUT2D eigenvalue weighted by Crippen LogP contribution is 2.38. The van der Waals surface area contributed by atoms with Crippen molar-refractivity contribution in [1.82, 2.24) is 14.6 Å². The third-order valence-corrected chi connectivity index (χ3v) is 6.90. The van der Waals surface area contributed by atoms with Gasteiger partial charge in [0.15, 0.2) is 0 Å². The summed E-state index contributed by atoms with van der Waals surface area (Å²) in [5.41, 5.74) is 6.13. The van der Waals surface area contributed by atoms with Crippen LogP contribution in [0.4, 0.5) is 8.78 Å². The summed E-state index contributed by atoms with van der Waals surface area (Å²) in [7, 11) is 2.09. The van der Waals surface area contributed by atoms with E-state index in [1.807, 2.05) is 35.1 Å². The second kappa shape index (κ2) is 9.22. The summed E-state index contributed by atoms with van der Waals surface area (Å²) in [5, 5.41) is 11.5. The Balaban J connectivity index is 1.50. The SMILES string of the molecule is CN1CCN(n2/c(=N/C#N)[nH]c3cc(/C=C4\c5ccc(F)cc5COc5cc(F)ccc54)ccc32)CC1. The summed E-state index contributed by atoms with van der Waals surface area (Å²) in [4.78, 5) is 9.57. The maximum absolute atomic E-state index is 14.0. The predicted molar refractivity (Wildman–Crippen MR) is 137 cm³/mol. The van der Waals surface area contributed by atoms with Gasteiger partial charge in [0.2, 0.25) is 11.8 Å². The number of likely N-dealkylation sites (N-methyl/N-ethyl adjacent to an activating group) is 1. The van der Waals surface area contributed by atoms with Gasteiger partial charge in [0.25, 0.3) is 0 Å². The van der Waals surface area contributed by atoms with E-state index in [1.165, 1.54) is 24.3 Å². The summed E-state index contributed by atoms with van der Waals surface area (Å²) in [6, 6.07) is 15.0. The molecule has 0 unspecified atom stereocenters. The van der Waals surface area contributed by atoms with Crippen LogP contribution in [0.3, 0.4) is 0 Å². The van der Waals surface area contributed by atoms with Gasteiger partial charge in [0, 0.05) is 43.4 Å². The van der Waals surface area contributed by atoms with Crippen LogP contribution in [0.2, 0.25) is 0 Å². The number of rotatable bonds is 2. The molecule has 7 nitrogen and oxygen atoms in total. The Hall–Kier alpha value is -4.42. The van der Waals surface area contributed by atoms with Crippen molar-refractivity contribution in [3.63, 3.8) is 0 Å². The number of halogens is 2. The smallest absolute Gasteiger partial charge is 0.238 e. The Labute approximate surface area is 212 Å². The fraction of sp³-hybridized carbons (Fsp3) is 0.214. The number of ether oxygens (including phenoxy) is 1. The zero-order chi connectivity index (χ0) is 25.5. The van der Waals surface area contributed by atoms with Crippen molar-refractivity contribution < 1.29 is 13.5 Å². The molecule has 2 aliphatic rings. The van der Waals surface area contributed by atoms with Gasteiger partial charge in [-0.1, -0.05) is 12.1 Å². The molecule has 0 radical (unpaired) electrons. The van der Waals surface area contributed by atoms with Crippen molar-refractivity contribution in [3.05, 3.63) is 94.1 Å². The lowest BCUT2D eigenvalue weighted by molar-refractivity contribution is 0.287. The van der Waals surface area contributed by atoms with Crippen LogP contribution < -0.4 is 15.4 Å². The van der Waals surface area contributed by atoms with Gasteiger partial charge in [-0.15, -0.1) is 4.99 Å². The number of nitrogens with zero attached hydrogens (tertiary/aromatic N) is 5. The van der Waals surface area contributed by atoms with E-state index >= 15 is 0 Å². The van der Waals surface area contributed by atoms with Crippen LogP contribution in [0.5, 0.6) is 5.75 Å². The first-order chi connectivity index (χ1) is 18.0. The number of imidazole rings is 1. The van der Waals surface area contributed by atoms with E-state index in [9.17, 15) is 14.0 Å². The fourth-order valence-corrected chi connectivity index (χ4v) is 5.03. The number of piperazine rings is 1. The van der Waals surface area contributed by atoms with Gasteiger partial charge in [0.05, 0.1) is 11.0 Å². The Morgan fingerprint density at radius 1 is 0.973 bits per heavy atom. The number of hydrogen-bond acceptors (Lipinski definition) is 5. The Morgan fingerprint density at radius 2 is 1.73 bits per heavy atom. The van der Waals surface area contributed by atoms with E-state index in [1.54, 1.807) is 12.1 Å². The molecule has 0 aliphatic carbocycles. The summed E-state index contributed by atoms with van der Waals surface area (Å²) in [6.07, 6.45) is 3.89. The monoisotopic (exact) mass is 498 g/mol. The van der Waals surface area contributed by atoms with Crippen LogP contribution in [0.15, 0.2) is 59.6 Å². The van der Waals surface area contributed by atoms with E-state index < -0.39 is 5.82 Å². The van der Waals surface area contributed by atoms with E-state index in [0.717, 1.165) is 59.5 Å². The van der Waals surface area contributed by atoms with Gasteiger partial charge in [-0.3, -0.25) is 0 Å². The molecule has 3 aromatic carbocycles. The van der Waals surface area contributed by atoms with Crippen molar-refractivity contribution >= 4 is 22.7 Å². The number of aromatic nitrogens is 2. The minimum Gasteiger partial charge on any atom is -0.488 e. The topological polar surface area (TPSA) is 72.6 Å². The van der Waals surface area contributed by atoms with Gasteiger partial charge < -0.3 is 19.6 Å². The van der Waals surface area contributed by atoms with Crippen molar-refractivity contribution in [2.75, 3.05) is 38.2 Å². The van der Waals surface area contributed by atoms with Crippen LogP contribution >= 0.6 is 0 Å². The average molecular weight is 499 g/mol. The van der Waals surface area contributed by atoms with Crippen molar-refractivity contribution in [1.29, 1.82) is 5.26 Å². The molecular formula is C28H24F2N6O. The minimum absolute atomic E-state index is 0.139. The zero-order valence-electron chi connectivity index (χ0n) is 20.2. The summed E-state index contributed by atoms with van der Waals surface area (Å²) < 4.78 is 35.9. The van der Waals surface area contributed by atoms with E-state index in [4.69, 9.17) is 4.74 Å². The number of nitriles is 1. The summed E-state index contributed by atoms with van der Waals surface area (Å²) in [6.45, 7) is 3.60. The number of aromatic amines is 1. The normalized spacial score (nSPS) is 17.3. The molecular weight excluding hydrogens is 474 g/mol. The van der Waals surface area contributed by atoms with Crippen LogP contribution in [0.1, 0.15) is 22.3 Å². The molecule has 3 heterocycles. The molecule has 1 N–H and O–H groups in total. The van der Waals surface area contributed by atoms with Crippen molar-refractivity contribution in [2.45, 2.75) is 6.61 Å². The van der Waals surface area contributed by atoms with Gasteiger partial charge in [-0.2, -0.15) is 5.26 Å². The lowest BCUT2D eigenvalue weighted by Gasteiger charge is -2.34. The van der Waals surface area contributed by atoms with Gasteiger partial charge in [-0.05, 0) is 66.2 Å². The first-order valence-corrected chi connectivity index (χ1v) is 12.0. The largest absolute Gasteiger partial charge is 0.488 e. The lowest BCUT2D eigenvalue weighted by Crippen LogP contribution is -2.52. The van der Waals surface area contributed by atoms with Crippen LogP contribution in [0, 0.1) is 23.1 Å². The molecule has 1 aromatic heterocycles. The molecule has 1 saturated heterocycles. The number of benzene rings is 3. The van der Waals surface area contributed by atoms with Gasteiger partial charge in [-0.25, -0.2) is 13.5 Å². The molecule has 0 saturated carbocycles. The average Bonchev–Trinajstić information content (AvgIpc) is 3.17. The number of nitrogens with one attached hydrogen (secondary N) is 1. The highest BCUT2D eigenvalue weighted by atomic mass is 19.1. The maximum atomic E-state index is 14.0. The van der Waals surface area contributed by atoms with Crippen LogP contribution in [-0.4, -0.2) is 47.8 Å². The number of hydrogen-bond donors (Lipinski definition) is 1. The minimum atomic E-state index is -0.398. The lowest BCUT2D eigenvalue weighted by atomic mass is 9.92. The molecule has 186 valence electrons. The second-order valence-corrected chi connectivity index (χ2v) is 9.29. The van der Waals surface area contributed by atoms with Crippen LogP contribution in [0.25, 0.3) is 22.7 Å². The Bertz CT molecular complexity index is 1600. The molecule has 6 rings (SSSR count). The first kappa shape index (κ1) is 23.0. The second-order valence-electron chi connectivity index (χ2n) is 9.29. The van der Waals surface area contributed by atoms with Gasteiger partial charge in [0.1, 0.15) is 24.0 Å². The summed E-state index contributed by atoms with van der Waals surface area (Å²) >= 11 is 0. The first-order valence-electron chi connectivity index (χ1n) is 12.0. The Kier molecular flexibility index (Phi) is 5.74. The number of H-pyrrole nitrogens is 1. The third kappa shape index (κ3) is 4.26. The standard InChI is InChI=1S/C28H24F2N6O/c1-34-8-10-35(11-9-34)36-26-7-2-18(13-25(26)33-28(36)32-17-31)12-24-22-5-3-20(29)14-19(22)16-37-27-15-21(30)4-6-23(24)27/h2-7,12-15H,8-11,16H2,1H3,(H,32,33)/b24-12+. The van der Waals surface area contributed by atoms with E-state index in [0.29, 0.717) is 16.9 Å². The van der Waals surface area contributed by atoms with Crippen LogP contribution in [-0.2, 0) is 6.61 Å². The zero-order valence-corrected chi connectivity index (χ0v) is 20.2. The quantitative estimate of drug-likeness (QED) is 0.424. The fourth-order valence-electron chi connectivity index (χ4n) is 5.03. The highest BCUT2D eigenvalue weighted by molar-refractivity contribution is 5.95. The molecule has 0 bridgehead atoms. The number of fused-ring (bicyclic) bond motifs is 3. The molecule has 0 spiro atoms. The molecule has 9 heteroatoms. The highest BCUT2D eigenvalue weighted by Gasteiger charge is 2.21. The Morgan fingerprint density at radius 3 is 2.51 bits per heavy atom. The van der Waals surface area contributed by atoms with Gasteiger partial charge >= 0.3 is 0 Å². The molecule has 2 aliphatic heterocycles. The van der Waals surface area contributed by atoms with E-state index in [-0.39, 0.29) is 12.4 Å². The van der Waals surface area contributed by atoms with Crippen molar-refractivity contribution in [2.24, 2.45) is 4.99 Å². The molecule has 37 heavy (non-hydrogen) atoms. The maximum Gasteiger partial charge on any atom is 0.238 e.